The van der Waals surface area contributed by atoms with Crippen molar-refractivity contribution in [1.82, 2.24) is 5.32 Å². The fourth-order valence-corrected chi connectivity index (χ4v) is 2.37. The number of nitrogens with two attached hydrogens (primary N) is 1. The quantitative estimate of drug-likeness (QED) is 0.664. The number of carbonyl (C=O) groups excluding carboxylic acids is 1. The summed E-state index contributed by atoms with van der Waals surface area (Å²) < 4.78 is 0. The van der Waals surface area contributed by atoms with Gasteiger partial charge in [0.1, 0.15) is 0 Å². The molecule has 1 aliphatic carbocycles. The molecule has 0 spiro atoms. The summed E-state index contributed by atoms with van der Waals surface area (Å²) in [6.07, 6.45) is 4.56. The van der Waals surface area contributed by atoms with Crippen molar-refractivity contribution in [3.05, 3.63) is 0 Å². The molecule has 0 saturated heterocycles. The van der Waals surface area contributed by atoms with Gasteiger partial charge in [-0.25, -0.2) is 0 Å². The average Bonchev–Trinajstić information content (AvgIpc) is 2.36. The van der Waals surface area contributed by atoms with Crippen molar-refractivity contribution in [2.45, 2.75) is 51.5 Å². The lowest BCUT2D eigenvalue weighted by molar-refractivity contribution is -0.144. The highest BCUT2D eigenvalue weighted by molar-refractivity contribution is 5.78. The number of nitrogens with one attached hydrogen (secondary N) is 1. The summed E-state index contributed by atoms with van der Waals surface area (Å²) in [6.45, 7) is 2.59. The monoisotopic (exact) mass is 256 g/mol. The molecule has 3 atom stereocenters. The minimum atomic E-state index is -0.796. The van der Waals surface area contributed by atoms with Gasteiger partial charge in [-0.2, -0.15) is 0 Å². The number of carboxylic acids is 1. The molecule has 1 amide bonds. The predicted octanol–water partition coefficient (Wildman–Crippen LogP) is 1.12. The Morgan fingerprint density at radius 3 is 2.67 bits per heavy atom. The molecule has 0 radical (unpaired) electrons. The van der Waals surface area contributed by atoms with Crippen molar-refractivity contribution in [3.8, 4) is 0 Å². The molecule has 5 heteroatoms. The van der Waals surface area contributed by atoms with Crippen molar-refractivity contribution in [3.63, 3.8) is 0 Å². The number of hydrogen-bond acceptors (Lipinski definition) is 3. The van der Waals surface area contributed by atoms with Gasteiger partial charge in [0, 0.05) is 12.5 Å². The van der Waals surface area contributed by atoms with Crippen LogP contribution >= 0.6 is 0 Å². The molecule has 0 heterocycles. The Morgan fingerprint density at radius 2 is 2.06 bits per heavy atom. The second-order valence-corrected chi connectivity index (χ2v) is 5.28. The third kappa shape index (κ3) is 4.64. The Morgan fingerprint density at radius 1 is 1.39 bits per heavy atom. The van der Waals surface area contributed by atoms with E-state index >= 15 is 0 Å². The van der Waals surface area contributed by atoms with E-state index in [1.165, 1.54) is 0 Å². The smallest absolute Gasteiger partial charge is 0.308 e. The first-order valence-corrected chi connectivity index (χ1v) is 6.76. The maximum atomic E-state index is 11.8. The topological polar surface area (TPSA) is 92.4 Å². The molecule has 1 saturated carbocycles. The minimum Gasteiger partial charge on any atom is -0.481 e. The summed E-state index contributed by atoms with van der Waals surface area (Å²) >= 11 is 0. The average molecular weight is 256 g/mol. The van der Waals surface area contributed by atoms with Crippen molar-refractivity contribution in [1.29, 1.82) is 0 Å². The van der Waals surface area contributed by atoms with Gasteiger partial charge in [0.15, 0.2) is 0 Å². The summed E-state index contributed by atoms with van der Waals surface area (Å²) in [5, 5.41) is 12.0. The van der Waals surface area contributed by atoms with Crippen LogP contribution in [0.4, 0.5) is 0 Å². The lowest BCUT2D eigenvalue weighted by Gasteiger charge is -2.29. The Labute approximate surface area is 108 Å². The standard InChI is InChI=1S/C13H24N2O3/c1-9(8-14)6-7-12(16)15-11-5-3-2-4-10(11)13(17)18/h9-11H,2-8,14H2,1H3,(H,15,16)(H,17,18). The first kappa shape index (κ1) is 15.0. The molecule has 0 aromatic rings. The van der Waals surface area contributed by atoms with Crippen LogP contribution in [0.2, 0.25) is 0 Å². The van der Waals surface area contributed by atoms with Gasteiger partial charge in [-0.05, 0) is 31.7 Å². The van der Waals surface area contributed by atoms with Crippen LogP contribution in [0.5, 0.6) is 0 Å². The van der Waals surface area contributed by atoms with Gasteiger partial charge in [-0.1, -0.05) is 19.8 Å². The Hall–Kier alpha value is -1.10. The third-order valence-electron chi connectivity index (χ3n) is 3.70. The molecule has 1 rings (SSSR count). The van der Waals surface area contributed by atoms with E-state index in [1.807, 2.05) is 6.92 Å². The van der Waals surface area contributed by atoms with Crippen LogP contribution < -0.4 is 11.1 Å². The van der Waals surface area contributed by atoms with E-state index in [9.17, 15) is 9.59 Å². The van der Waals surface area contributed by atoms with Crippen molar-refractivity contribution >= 4 is 11.9 Å². The van der Waals surface area contributed by atoms with Crippen LogP contribution in [0.1, 0.15) is 45.4 Å². The van der Waals surface area contributed by atoms with Gasteiger partial charge < -0.3 is 16.2 Å². The van der Waals surface area contributed by atoms with Crippen LogP contribution in [0.15, 0.2) is 0 Å². The number of amides is 1. The van der Waals surface area contributed by atoms with Crippen molar-refractivity contribution in [2.75, 3.05) is 6.54 Å². The zero-order valence-electron chi connectivity index (χ0n) is 11.0. The maximum absolute atomic E-state index is 11.8. The Balaban J connectivity index is 2.39. The number of aliphatic carboxylic acids is 1. The third-order valence-corrected chi connectivity index (χ3v) is 3.70. The molecule has 1 aliphatic rings. The summed E-state index contributed by atoms with van der Waals surface area (Å²) in [7, 11) is 0. The van der Waals surface area contributed by atoms with E-state index in [0.29, 0.717) is 25.3 Å². The summed E-state index contributed by atoms with van der Waals surface area (Å²) in [5.41, 5.74) is 5.49. The molecule has 5 nitrogen and oxygen atoms in total. The second kappa shape index (κ2) is 7.36. The summed E-state index contributed by atoms with van der Waals surface area (Å²) in [6, 6.07) is -0.197. The van der Waals surface area contributed by atoms with Gasteiger partial charge in [0.25, 0.3) is 0 Å². The van der Waals surface area contributed by atoms with Gasteiger partial charge in [-0.3, -0.25) is 9.59 Å². The van der Waals surface area contributed by atoms with Crippen LogP contribution in [-0.2, 0) is 9.59 Å². The molecule has 0 aliphatic heterocycles. The molecule has 1 fully saturated rings. The molecule has 0 aromatic heterocycles. The first-order valence-electron chi connectivity index (χ1n) is 6.76. The molecule has 3 unspecified atom stereocenters. The van der Waals surface area contributed by atoms with Crippen LogP contribution in [0.25, 0.3) is 0 Å². The van der Waals surface area contributed by atoms with E-state index in [1.54, 1.807) is 0 Å². The highest BCUT2D eigenvalue weighted by Gasteiger charge is 2.31. The van der Waals surface area contributed by atoms with E-state index in [0.717, 1.165) is 25.7 Å². The zero-order chi connectivity index (χ0) is 13.5. The fraction of sp³-hybridized carbons (Fsp3) is 0.846. The largest absolute Gasteiger partial charge is 0.481 e. The van der Waals surface area contributed by atoms with Crippen molar-refractivity contribution < 1.29 is 14.7 Å². The van der Waals surface area contributed by atoms with Crippen LogP contribution in [0.3, 0.4) is 0 Å². The fourth-order valence-electron chi connectivity index (χ4n) is 2.37. The SMILES string of the molecule is CC(CN)CCC(=O)NC1CCCCC1C(=O)O. The number of hydrogen-bond donors (Lipinski definition) is 3. The lowest BCUT2D eigenvalue weighted by atomic mass is 9.84. The highest BCUT2D eigenvalue weighted by Crippen LogP contribution is 2.24. The van der Waals surface area contributed by atoms with Gasteiger partial charge in [0.2, 0.25) is 5.91 Å². The molecule has 0 bridgehead atoms. The zero-order valence-corrected chi connectivity index (χ0v) is 11.0. The molecular weight excluding hydrogens is 232 g/mol. The summed E-state index contributed by atoms with van der Waals surface area (Å²) in [5.74, 6) is -0.934. The predicted molar refractivity (Wildman–Crippen MR) is 69.0 cm³/mol. The van der Waals surface area contributed by atoms with E-state index in [4.69, 9.17) is 10.8 Å². The van der Waals surface area contributed by atoms with Crippen molar-refractivity contribution in [2.24, 2.45) is 17.6 Å². The molecule has 104 valence electrons. The molecular formula is C13H24N2O3. The van der Waals surface area contributed by atoms with Gasteiger partial charge in [-0.15, -0.1) is 0 Å². The maximum Gasteiger partial charge on any atom is 0.308 e. The van der Waals surface area contributed by atoms with E-state index in [-0.39, 0.29) is 11.9 Å². The number of carboxylic acid groups (broad SMARTS) is 1. The molecule has 0 aromatic carbocycles. The highest BCUT2D eigenvalue weighted by atomic mass is 16.4. The number of rotatable bonds is 6. The molecule has 18 heavy (non-hydrogen) atoms. The summed E-state index contributed by atoms with van der Waals surface area (Å²) in [4.78, 5) is 22.8. The normalized spacial score (nSPS) is 25.4. The van der Waals surface area contributed by atoms with Gasteiger partial charge >= 0.3 is 5.97 Å². The lowest BCUT2D eigenvalue weighted by Crippen LogP contribution is -2.45. The van der Waals surface area contributed by atoms with E-state index in [2.05, 4.69) is 5.32 Å². The van der Waals surface area contributed by atoms with Gasteiger partial charge in [0.05, 0.1) is 5.92 Å². The second-order valence-electron chi connectivity index (χ2n) is 5.28. The first-order chi connectivity index (χ1) is 8.54. The minimum absolute atomic E-state index is 0.0477. The number of carbonyl (C=O) groups is 2. The van der Waals surface area contributed by atoms with Crippen LogP contribution in [-0.4, -0.2) is 29.6 Å². The Bertz CT molecular complexity index is 294. The Kier molecular flexibility index (Phi) is 6.12. The molecule has 4 N–H and O–H groups in total. The van der Waals surface area contributed by atoms with Crippen LogP contribution in [0, 0.1) is 11.8 Å². The van der Waals surface area contributed by atoms with E-state index < -0.39 is 11.9 Å².